The Morgan fingerprint density at radius 1 is 1.14 bits per heavy atom. The number of thiophene rings is 1. The van der Waals surface area contributed by atoms with Crippen LogP contribution in [0.4, 0.5) is 0 Å². The van der Waals surface area contributed by atoms with E-state index in [-0.39, 0.29) is 5.97 Å². The SMILES string of the molecule is COC(=O)c1ccc(-c2noc(CN(C)Cc3cc4ccccc4s3)n2)cc1. The Bertz CT molecular complexity index is 1070. The molecular weight excluding hydrogens is 374 g/mol. The highest BCUT2D eigenvalue weighted by atomic mass is 32.1. The Morgan fingerprint density at radius 3 is 2.68 bits per heavy atom. The molecule has 0 saturated carbocycles. The van der Waals surface area contributed by atoms with Gasteiger partial charge in [-0.1, -0.05) is 35.5 Å². The Labute approximate surface area is 166 Å². The number of benzene rings is 2. The third-order valence-corrected chi connectivity index (χ3v) is 5.44. The molecule has 0 unspecified atom stereocenters. The predicted octanol–water partition coefficient (Wildman–Crippen LogP) is 4.37. The monoisotopic (exact) mass is 393 g/mol. The molecule has 0 aliphatic carbocycles. The summed E-state index contributed by atoms with van der Waals surface area (Å²) < 4.78 is 11.4. The minimum Gasteiger partial charge on any atom is -0.465 e. The Kier molecular flexibility index (Phi) is 5.18. The number of ether oxygens (including phenoxy) is 1. The van der Waals surface area contributed by atoms with Crippen molar-refractivity contribution < 1.29 is 14.1 Å². The van der Waals surface area contributed by atoms with Crippen LogP contribution in [0.1, 0.15) is 21.1 Å². The van der Waals surface area contributed by atoms with Crippen molar-refractivity contribution >= 4 is 27.4 Å². The molecular formula is C21H19N3O3S. The van der Waals surface area contributed by atoms with Gasteiger partial charge in [-0.2, -0.15) is 4.98 Å². The van der Waals surface area contributed by atoms with E-state index in [0.29, 0.717) is 23.8 Å². The second kappa shape index (κ2) is 7.92. The zero-order valence-corrected chi connectivity index (χ0v) is 16.4. The second-order valence-corrected chi connectivity index (χ2v) is 7.67. The van der Waals surface area contributed by atoms with Crippen LogP contribution in [0.2, 0.25) is 0 Å². The molecule has 142 valence electrons. The van der Waals surface area contributed by atoms with Crippen LogP contribution in [0.25, 0.3) is 21.5 Å². The number of hydrogen-bond acceptors (Lipinski definition) is 7. The lowest BCUT2D eigenvalue weighted by Crippen LogP contribution is -2.16. The van der Waals surface area contributed by atoms with Crippen LogP contribution in [-0.4, -0.2) is 35.2 Å². The molecule has 4 aromatic rings. The van der Waals surface area contributed by atoms with Gasteiger partial charge in [0.1, 0.15) is 0 Å². The molecule has 0 aliphatic heterocycles. The van der Waals surface area contributed by atoms with E-state index < -0.39 is 0 Å². The zero-order valence-electron chi connectivity index (χ0n) is 15.6. The average Bonchev–Trinajstić information content (AvgIpc) is 3.33. The molecule has 0 atom stereocenters. The van der Waals surface area contributed by atoms with Gasteiger partial charge in [-0.05, 0) is 36.7 Å². The van der Waals surface area contributed by atoms with Crippen molar-refractivity contribution in [2.24, 2.45) is 0 Å². The molecule has 2 aromatic heterocycles. The van der Waals surface area contributed by atoms with Gasteiger partial charge in [0, 0.05) is 21.7 Å². The lowest BCUT2D eigenvalue weighted by molar-refractivity contribution is 0.0601. The average molecular weight is 393 g/mol. The fourth-order valence-electron chi connectivity index (χ4n) is 2.98. The van der Waals surface area contributed by atoms with Crippen molar-refractivity contribution in [3.63, 3.8) is 0 Å². The number of carbonyl (C=O) groups excluding carboxylic acids is 1. The van der Waals surface area contributed by atoms with Crippen molar-refractivity contribution in [3.05, 3.63) is 70.9 Å². The second-order valence-electron chi connectivity index (χ2n) is 6.50. The molecule has 0 aliphatic rings. The van der Waals surface area contributed by atoms with Gasteiger partial charge < -0.3 is 9.26 Å². The summed E-state index contributed by atoms with van der Waals surface area (Å²) in [5.41, 5.74) is 1.27. The molecule has 0 saturated heterocycles. The Morgan fingerprint density at radius 2 is 1.93 bits per heavy atom. The third kappa shape index (κ3) is 3.95. The number of esters is 1. The molecule has 6 nitrogen and oxygen atoms in total. The molecule has 2 heterocycles. The van der Waals surface area contributed by atoms with E-state index in [4.69, 9.17) is 9.26 Å². The van der Waals surface area contributed by atoms with Crippen molar-refractivity contribution in [3.8, 4) is 11.4 Å². The van der Waals surface area contributed by atoms with Gasteiger partial charge in [0.05, 0.1) is 19.2 Å². The zero-order chi connectivity index (χ0) is 19.5. The standard InChI is InChI=1S/C21H19N3O3S/c1-24(12-17-11-16-5-3-4-6-18(16)28-17)13-19-22-20(23-27-19)14-7-9-15(10-8-14)21(25)26-2/h3-11H,12-13H2,1-2H3. The van der Waals surface area contributed by atoms with Crippen molar-refractivity contribution in [2.45, 2.75) is 13.1 Å². The number of methoxy groups -OCH3 is 1. The van der Waals surface area contributed by atoms with Gasteiger partial charge in [0.15, 0.2) is 0 Å². The molecule has 28 heavy (non-hydrogen) atoms. The summed E-state index contributed by atoms with van der Waals surface area (Å²) in [6, 6.07) is 17.5. The van der Waals surface area contributed by atoms with Crippen LogP contribution < -0.4 is 0 Å². The molecule has 7 heteroatoms. The van der Waals surface area contributed by atoms with Crippen LogP contribution in [0.5, 0.6) is 0 Å². The van der Waals surface area contributed by atoms with Gasteiger partial charge in [-0.3, -0.25) is 4.90 Å². The first-order chi connectivity index (χ1) is 13.6. The van der Waals surface area contributed by atoms with Crippen LogP contribution in [0, 0.1) is 0 Å². The molecule has 0 N–H and O–H groups in total. The molecule has 0 amide bonds. The summed E-state index contributed by atoms with van der Waals surface area (Å²) in [7, 11) is 3.39. The predicted molar refractivity (Wildman–Crippen MR) is 108 cm³/mol. The van der Waals surface area contributed by atoms with Crippen LogP contribution in [0.15, 0.2) is 59.1 Å². The summed E-state index contributed by atoms with van der Waals surface area (Å²) in [5, 5.41) is 5.32. The van der Waals surface area contributed by atoms with Gasteiger partial charge in [-0.25, -0.2) is 4.79 Å². The molecule has 0 radical (unpaired) electrons. The smallest absolute Gasteiger partial charge is 0.337 e. The molecule has 4 rings (SSSR count). The van der Waals surface area contributed by atoms with E-state index in [1.807, 2.05) is 7.05 Å². The summed E-state index contributed by atoms with van der Waals surface area (Å²) in [6.07, 6.45) is 0. The van der Waals surface area contributed by atoms with E-state index in [1.54, 1.807) is 35.6 Å². The van der Waals surface area contributed by atoms with Crippen LogP contribution in [-0.2, 0) is 17.8 Å². The number of carbonyl (C=O) groups is 1. The fourth-order valence-corrected chi connectivity index (χ4v) is 4.12. The first kappa shape index (κ1) is 18.3. The number of hydrogen-bond donors (Lipinski definition) is 0. The van der Waals surface area contributed by atoms with Crippen molar-refractivity contribution in [2.75, 3.05) is 14.2 Å². The lowest BCUT2D eigenvalue weighted by Gasteiger charge is -2.12. The molecule has 0 fully saturated rings. The van der Waals surface area contributed by atoms with E-state index in [1.165, 1.54) is 22.1 Å². The van der Waals surface area contributed by atoms with Gasteiger partial charge in [0.2, 0.25) is 11.7 Å². The minimum atomic E-state index is -0.372. The van der Waals surface area contributed by atoms with Crippen LogP contribution in [0.3, 0.4) is 0 Å². The number of rotatable bonds is 6. The van der Waals surface area contributed by atoms with E-state index in [9.17, 15) is 4.79 Å². The minimum absolute atomic E-state index is 0.372. The highest BCUT2D eigenvalue weighted by Gasteiger charge is 2.13. The van der Waals surface area contributed by atoms with Crippen molar-refractivity contribution in [1.82, 2.24) is 15.0 Å². The summed E-state index contributed by atoms with van der Waals surface area (Å²) in [6.45, 7) is 1.37. The quantitative estimate of drug-likeness (QED) is 0.453. The maximum Gasteiger partial charge on any atom is 0.337 e. The topological polar surface area (TPSA) is 68.5 Å². The maximum absolute atomic E-state index is 11.5. The van der Waals surface area contributed by atoms with Crippen LogP contribution >= 0.6 is 11.3 Å². The summed E-state index contributed by atoms with van der Waals surface area (Å²) in [4.78, 5) is 19.4. The summed E-state index contributed by atoms with van der Waals surface area (Å²) >= 11 is 1.80. The van der Waals surface area contributed by atoms with Gasteiger partial charge in [0.25, 0.3) is 0 Å². The fraction of sp³-hybridized carbons (Fsp3) is 0.190. The van der Waals surface area contributed by atoms with E-state index in [2.05, 4.69) is 45.4 Å². The molecule has 0 spiro atoms. The Balaban J connectivity index is 1.41. The number of aromatic nitrogens is 2. The van der Waals surface area contributed by atoms with Gasteiger partial charge in [-0.15, -0.1) is 11.3 Å². The summed E-state index contributed by atoms with van der Waals surface area (Å²) in [5.74, 6) is 0.681. The van der Waals surface area contributed by atoms with Crippen molar-refractivity contribution in [1.29, 1.82) is 0 Å². The third-order valence-electron chi connectivity index (χ3n) is 4.34. The van der Waals surface area contributed by atoms with E-state index in [0.717, 1.165) is 12.1 Å². The first-order valence-electron chi connectivity index (χ1n) is 8.80. The first-order valence-corrected chi connectivity index (χ1v) is 9.61. The maximum atomic E-state index is 11.5. The molecule has 0 bridgehead atoms. The highest BCUT2D eigenvalue weighted by Crippen LogP contribution is 2.26. The van der Waals surface area contributed by atoms with Gasteiger partial charge >= 0.3 is 5.97 Å². The van der Waals surface area contributed by atoms with E-state index >= 15 is 0 Å². The normalized spacial score (nSPS) is 11.2. The Hall–Kier alpha value is -3.03. The largest absolute Gasteiger partial charge is 0.465 e. The highest BCUT2D eigenvalue weighted by molar-refractivity contribution is 7.19. The lowest BCUT2D eigenvalue weighted by atomic mass is 10.1. The molecule has 2 aromatic carbocycles. The number of fused-ring (bicyclic) bond motifs is 1. The number of nitrogens with zero attached hydrogens (tertiary/aromatic N) is 3.